The van der Waals surface area contributed by atoms with Gasteiger partial charge in [-0.15, -0.1) is 12.3 Å². The number of terminal acetylenes is 1. The monoisotopic (exact) mass is 317 g/mol. The number of nitrogens with one attached hydrogen (secondary N) is 1. The highest BCUT2D eigenvalue weighted by atomic mass is 32.2. The standard InChI is InChI=1S/C13H10F3NO3S/c1-2-3-10(12(19)20)17-11(18)8-4-6-9(7-5-8)21-13(14,15)16/h1,4-7,10H,3H2,(H,17,18)(H,19,20). The Morgan fingerprint density at radius 1 is 1.33 bits per heavy atom. The molecule has 0 radical (unpaired) electrons. The number of aliphatic carboxylic acids is 1. The van der Waals surface area contributed by atoms with Gasteiger partial charge in [-0.1, -0.05) is 0 Å². The molecule has 21 heavy (non-hydrogen) atoms. The number of hydrogen-bond donors (Lipinski definition) is 2. The number of rotatable bonds is 5. The molecule has 0 aliphatic rings. The van der Waals surface area contributed by atoms with E-state index in [0.717, 1.165) is 12.1 Å². The zero-order chi connectivity index (χ0) is 16.0. The van der Waals surface area contributed by atoms with Gasteiger partial charge in [0.1, 0.15) is 6.04 Å². The van der Waals surface area contributed by atoms with Gasteiger partial charge in [-0.2, -0.15) is 13.2 Å². The van der Waals surface area contributed by atoms with Crippen LogP contribution in [0.25, 0.3) is 0 Å². The molecule has 0 bridgehead atoms. The molecular formula is C13H10F3NO3S. The maximum atomic E-state index is 12.1. The van der Waals surface area contributed by atoms with Gasteiger partial charge >= 0.3 is 11.5 Å². The van der Waals surface area contributed by atoms with Crippen LogP contribution >= 0.6 is 11.8 Å². The number of carbonyl (C=O) groups excluding carboxylic acids is 1. The van der Waals surface area contributed by atoms with Crippen molar-refractivity contribution in [1.82, 2.24) is 5.32 Å². The number of carboxylic acids is 1. The van der Waals surface area contributed by atoms with Crippen molar-refractivity contribution < 1.29 is 27.9 Å². The van der Waals surface area contributed by atoms with Gasteiger partial charge in [0.2, 0.25) is 0 Å². The molecule has 0 aromatic heterocycles. The zero-order valence-corrected chi connectivity index (χ0v) is 11.3. The fraction of sp³-hybridized carbons (Fsp3) is 0.231. The second kappa shape index (κ2) is 7.04. The molecule has 0 fully saturated rings. The van der Waals surface area contributed by atoms with Crippen molar-refractivity contribution in [1.29, 1.82) is 0 Å². The zero-order valence-electron chi connectivity index (χ0n) is 10.5. The lowest BCUT2D eigenvalue weighted by Crippen LogP contribution is -2.40. The fourth-order valence-electron chi connectivity index (χ4n) is 1.37. The van der Waals surface area contributed by atoms with Crippen molar-refractivity contribution in [3.63, 3.8) is 0 Å². The summed E-state index contributed by atoms with van der Waals surface area (Å²) in [4.78, 5) is 22.5. The number of benzene rings is 1. The van der Waals surface area contributed by atoms with Crippen molar-refractivity contribution in [2.75, 3.05) is 0 Å². The fourth-order valence-corrected chi connectivity index (χ4v) is 1.91. The van der Waals surface area contributed by atoms with Gasteiger partial charge in [-0.05, 0) is 36.0 Å². The van der Waals surface area contributed by atoms with Gasteiger partial charge in [-0.25, -0.2) is 4.79 Å². The van der Waals surface area contributed by atoms with Gasteiger partial charge < -0.3 is 10.4 Å². The quantitative estimate of drug-likeness (QED) is 0.647. The summed E-state index contributed by atoms with van der Waals surface area (Å²) >= 11 is -0.304. The summed E-state index contributed by atoms with van der Waals surface area (Å²) in [5.41, 5.74) is -4.37. The molecule has 1 rings (SSSR count). The molecule has 8 heteroatoms. The molecular weight excluding hydrogens is 307 g/mol. The first kappa shape index (κ1) is 16.9. The van der Waals surface area contributed by atoms with Crippen molar-refractivity contribution in [2.24, 2.45) is 0 Å². The van der Waals surface area contributed by atoms with Gasteiger partial charge in [-0.3, -0.25) is 4.79 Å². The molecule has 1 aromatic carbocycles. The Balaban J connectivity index is 2.75. The number of alkyl halides is 3. The maximum absolute atomic E-state index is 12.1. The van der Waals surface area contributed by atoms with Crippen molar-refractivity contribution in [3.05, 3.63) is 29.8 Å². The van der Waals surface area contributed by atoms with E-state index in [1.165, 1.54) is 12.1 Å². The minimum atomic E-state index is -4.41. The van der Waals surface area contributed by atoms with E-state index in [0.29, 0.717) is 0 Å². The summed E-state index contributed by atoms with van der Waals surface area (Å²) in [7, 11) is 0. The summed E-state index contributed by atoms with van der Waals surface area (Å²) in [5, 5.41) is 11.0. The molecule has 0 aliphatic carbocycles. The van der Waals surface area contributed by atoms with Crippen molar-refractivity contribution >= 4 is 23.6 Å². The molecule has 1 aromatic rings. The lowest BCUT2D eigenvalue weighted by molar-refractivity contribution is -0.139. The average Bonchev–Trinajstić information content (AvgIpc) is 2.36. The third-order valence-electron chi connectivity index (χ3n) is 2.28. The Kier molecular flexibility index (Phi) is 5.67. The smallest absolute Gasteiger partial charge is 0.446 e. The largest absolute Gasteiger partial charge is 0.480 e. The van der Waals surface area contributed by atoms with E-state index in [4.69, 9.17) is 11.5 Å². The Morgan fingerprint density at radius 3 is 2.33 bits per heavy atom. The average molecular weight is 317 g/mol. The van der Waals surface area contributed by atoms with E-state index >= 15 is 0 Å². The van der Waals surface area contributed by atoms with E-state index in [1.54, 1.807) is 0 Å². The molecule has 0 saturated carbocycles. The molecule has 0 saturated heterocycles. The third kappa shape index (κ3) is 5.79. The number of amides is 1. The molecule has 0 heterocycles. The van der Waals surface area contributed by atoms with Crippen LogP contribution in [0.2, 0.25) is 0 Å². The highest BCUT2D eigenvalue weighted by Gasteiger charge is 2.29. The van der Waals surface area contributed by atoms with E-state index in [1.807, 2.05) is 0 Å². The van der Waals surface area contributed by atoms with Crippen LogP contribution in [-0.2, 0) is 4.79 Å². The molecule has 4 nitrogen and oxygen atoms in total. The van der Waals surface area contributed by atoms with Crippen LogP contribution in [0.5, 0.6) is 0 Å². The predicted molar refractivity (Wildman–Crippen MR) is 70.7 cm³/mol. The summed E-state index contributed by atoms with van der Waals surface area (Å²) < 4.78 is 36.4. The van der Waals surface area contributed by atoms with Gasteiger partial charge in [0, 0.05) is 16.9 Å². The lowest BCUT2D eigenvalue weighted by atomic mass is 10.1. The first-order valence-electron chi connectivity index (χ1n) is 5.56. The van der Waals surface area contributed by atoms with Crippen LogP contribution in [0.4, 0.5) is 13.2 Å². The molecule has 1 amide bonds. The normalized spacial score (nSPS) is 12.3. The predicted octanol–water partition coefficient (Wildman–Crippen LogP) is 2.50. The van der Waals surface area contributed by atoms with Crippen LogP contribution in [0, 0.1) is 12.3 Å². The molecule has 0 aliphatic heterocycles. The van der Waals surface area contributed by atoms with Crippen LogP contribution in [0.15, 0.2) is 29.2 Å². The van der Waals surface area contributed by atoms with Crippen molar-refractivity contribution in [3.8, 4) is 12.3 Å². The number of halogens is 3. The Labute approximate surface area is 122 Å². The maximum Gasteiger partial charge on any atom is 0.446 e. The number of thioether (sulfide) groups is 1. The second-order valence-electron chi connectivity index (χ2n) is 3.84. The first-order chi connectivity index (χ1) is 9.73. The van der Waals surface area contributed by atoms with Gasteiger partial charge in [0.25, 0.3) is 5.91 Å². The summed E-state index contributed by atoms with van der Waals surface area (Å²) in [5.74, 6) is 0.109. The Bertz CT molecular complexity index is 564. The number of hydrogen-bond acceptors (Lipinski definition) is 3. The van der Waals surface area contributed by atoms with E-state index < -0.39 is 23.4 Å². The third-order valence-corrected chi connectivity index (χ3v) is 3.01. The highest BCUT2D eigenvalue weighted by Crippen LogP contribution is 2.36. The van der Waals surface area contributed by atoms with E-state index in [9.17, 15) is 22.8 Å². The minimum Gasteiger partial charge on any atom is -0.480 e. The van der Waals surface area contributed by atoms with Crippen LogP contribution in [-0.4, -0.2) is 28.5 Å². The van der Waals surface area contributed by atoms with Gasteiger partial charge in [0.05, 0.1) is 0 Å². The van der Waals surface area contributed by atoms with Crippen LogP contribution in [0.3, 0.4) is 0 Å². The number of carboxylic acid groups (broad SMARTS) is 1. The summed E-state index contributed by atoms with van der Waals surface area (Å²) in [6, 6.07) is 3.37. The SMILES string of the molecule is C#CCC(NC(=O)c1ccc(SC(F)(F)F)cc1)C(=O)O. The molecule has 1 atom stereocenters. The Morgan fingerprint density at radius 2 is 1.90 bits per heavy atom. The Hall–Kier alpha value is -2.14. The highest BCUT2D eigenvalue weighted by molar-refractivity contribution is 8.00. The molecule has 0 spiro atoms. The van der Waals surface area contributed by atoms with Crippen LogP contribution < -0.4 is 5.32 Å². The topological polar surface area (TPSA) is 66.4 Å². The molecule has 2 N–H and O–H groups in total. The van der Waals surface area contributed by atoms with E-state index in [2.05, 4.69) is 11.2 Å². The minimum absolute atomic E-state index is 0.0461. The summed E-state index contributed by atoms with van der Waals surface area (Å²) in [6.07, 6.45) is 4.79. The van der Waals surface area contributed by atoms with Gasteiger partial charge in [0.15, 0.2) is 0 Å². The van der Waals surface area contributed by atoms with Crippen LogP contribution in [0.1, 0.15) is 16.8 Å². The molecule has 112 valence electrons. The second-order valence-corrected chi connectivity index (χ2v) is 4.98. The van der Waals surface area contributed by atoms with Crippen molar-refractivity contribution in [2.45, 2.75) is 22.9 Å². The van der Waals surface area contributed by atoms with E-state index in [-0.39, 0.29) is 28.6 Å². The lowest BCUT2D eigenvalue weighted by Gasteiger charge is -2.12. The molecule has 1 unspecified atom stereocenters. The summed E-state index contributed by atoms with van der Waals surface area (Å²) in [6.45, 7) is 0. The first-order valence-corrected chi connectivity index (χ1v) is 6.37. The number of carbonyl (C=O) groups is 2.